The van der Waals surface area contributed by atoms with Gasteiger partial charge in [-0.15, -0.1) is 0 Å². The van der Waals surface area contributed by atoms with Crippen LogP contribution in [-0.4, -0.2) is 18.0 Å². The summed E-state index contributed by atoms with van der Waals surface area (Å²) in [5, 5.41) is 0. The van der Waals surface area contributed by atoms with Gasteiger partial charge in [-0.05, 0) is 18.4 Å². The first kappa shape index (κ1) is 11.6. The Morgan fingerprint density at radius 3 is 2.82 bits per heavy atom. The van der Waals surface area contributed by atoms with E-state index in [0.717, 1.165) is 5.56 Å². The largest absolute Gasteiger partial charge is 0.458 e. The number of benzene rings is 1. The highest BCUT2D eigenvalue weighted by atomic mass is 16.6. The van der Waals surface area contributed by atoms with Crippen molar-refractivity contribution in [2.75, 3.05) is 0 Å². The molecule has 0 N–H and O–H groups in total. The van der Waals surface area contributed by atoms with Gasteiger partial charge < -0.3 is 9.47 Å². The second kappa shape index (κ2) is 5.48. The predicted molar refractivity (Wildman–Crippen MR) is 60.0 cm³/mol. The summed E-state index contributed by atoms with van der Waals surface area (Å²) >= 11 is 0. The molecule has 1 heterocycles. The van der Waals surface area contributed by atoms with Gasteiger partial charge in [0.1, 0.15) is 6.61 Å². The summed E-state index contributed by atoms with van der Waals surface area (Å²) in [5.41, 5.74) is 0.919. The lowest BCUT2D eigenvalue weighted by Gasteiger charge is -2.20. The van der Waals surface area contributed by atoms with Crippen molar-refractivity contribution in [2.45, 2.75) is 32.0 Å². The van der Waals surface area contributed by atoms with Crippen molar-refractivity contribution >= 4 is 11.9 Å². The lowest BCUT2D eigenvalue weighted by Crippen LogP contribution is -2.32. The van der Waals surface area contributed by atoms with Crippen LogP contribution in [0.15, 0.2) is 30.3 Å². The van der Waals surface area contributed by atoms with E-state index >= 15 is 0 Å². The Bertz CT molecular complexity index is 399. The molecule has 0 saturated carbocycles. The van der Waals surface area contributed by atoms with Crippen LogP contribution in [0.5, 0.6) is 0 Å². The standard InChI is InChI=1S/C13H14O4/c14-12-8-4-7-11(17-12)13(15)16-9-10-5-2-1-3-6-10/h1-3,5-6,11H,4,7-9H2/t11-/m1/s1. The second-order valence-corrected chi connectivity index (χ2v) is 3.96. The van der Waals surface area contributed by atoms with E-state index in [1.54, 1.807) is 0 Å². The molecule has 1 atom stereocenters. The fraction of sp³-hybridized carbons (Fsp3) is 0.385. The van der Waals surface area contributed by atoms with Gasteiger partial charge in [-0.25, -0.2) is 4.79 Å². The molecule has 1 aliphatic heterocycles. The lowest BCUT2D eigenvalue weighted by molar-refractivity contribution is -0.172. The average Bonchev–Trinajstić information content (AvgIpc) is 2.37. The van der Waals surface area contributed by atoms with Gasteiger partial charge in [0.05, 0.1) is 0 Å². The van der Waals surface area contributed by atoms with E-state index in [1.807, 2.05) is 30.3 Å². The van der Waals surface area contributed by atoms with Gasteiger partial charge in [0.2, 0.25) is 0 Å². The van der Waals surface area contributed by atoms with E-state index < -0.39 is 12.1 Å². The molecule has 0 unspecified atom stereocenters. The Morgan fingerprint density at radius 2 is 2.12 bits per heavy atom. The maximum Gasteiger partial charge on any atom is 0.347 e. The normalized spacial score (nSPS) is 19.5. The van der Waals surface area contributed by atoms with E-state index in [4.69, 9.17) is 9.47 Å². The minimum atomic E-state index is -0.722. The van der Waals surface area contributed by atoms with Crippen molar-refractivity contribution in [3.05, 3.63) is 35.9 Å². The molecule has 0 bridgehead atoms. The minimum Gasteiger partial charge on any atom is -0.458 e. The van der Waals surface area contributed by atoms with E-state index in [-0.39, 0.29) is 12.6 Å². The molecular formula is C13H14O4. The Kier molecular flexibility index (Phi) is 3.75. The number of rotatable bonds is 3. The number of ether oxygens (including phenoxy) is 2. The van der Waals surface area contributed by atoms with Gasteiger partial charge in [0.15, 0.2) is 6.10 Å². The molecule has 1 aromatic carbocycles. The molecule has 0 spiro atoms. The Labute approximate surface area is 99.5 Å². The average molecular weight is 234 g/mol. The highest BCUT2D eigenvalue weighted by Gasteiger charge is 2.28. The van der Waals surface area contributed by atoms with Crippen LogP contribution in [0.4, 0.5) is 0 Å². The van der Waals surface area contributed by atoms with Gasteiger partial charge in [0, 0.05) is 6.42 Å². The minimum absolute atomic E-state index is 0.216. The molecule has 17 heavy (non-hydrogen) atoms. The summed E-state index contributed by atoms with van der Waals surface area (Å²) in [5.74, 6) is -0.778. The number of hydrogen-bond donors (Lipinski definition) is 0. The quantitative estimate of drug-likeness (QED) is 0.749. The third kappa shape index (κ3) is 3.31. The van der Waals surface area contributed by atoms with E-state index in [0.29, 0.717) is 19.3 Å². The zero-order chi connectivity index (χ0) is 12.1. The topological polar surface area (TPSA) is 52.6 Å². The maximum atomic E-state index is 11.6. The molecular weight excluding hydrogens is 220 g/mol. The fourth-order valence-corrected chi connectivity index (χ4v) is 1.70. The van der Waals surface area contributed by atoms with Crippen LogP contribution in [0.2, 0.25) is 0 Å². The molecule has 0 aliphatic carbocycles. The van der Waals surface area contributed by atoms with Crippen molar-refractivity contribution < 1.29 is 19.1 Å². The van der Waals surface area contributed by atoms with Crippen LogP contribution in [0.1, 0.15) is 24.8 Å². The van der Waals surface area contributed by atoms with E-state index in [1.165, 1.54) is 0 Å². The molecule has 4 heteroatoms. The smallest absolute Gasteiger partial charge is 0.347 e. The summed E-state index contributed by atoms with van der Waals surface area (Å²) in [6, 6.07) is 9.40. The summed E-state index contributed by atoms with van der Waals surface area (Å²) in [7, 11) is 0. The SMILES string of the molecule is O=C1CCC[C@H](C(=O)OCc2ccccc2)O1. The molecule has 1 aromatic rings. The summed E-state index contributed by atoms with van der Waals surface area (Å²) in [6.45, 7) is 0.216. The lowest BCUT2D eigenvalue weighted by atomic mass is 10.1. The van der Waals surface area contributed by atoms with Crippen LogP contribution in [0.3, 0.4) is 0 Å². The molecule has 2 rings (SSSR count). The Balaban J connectivity index is 1.83. The number of esters is 2. The van der Waals surface area contributed by atoms with E-state index in [9.17, 15) is 9.59 Å². The number of carbonyl (C=O) groups is 2. The molecule has 1 fully saturated rings. The predicted octanol–water partition coefficient (Wildman–Crippen LogP) is 1.83. The van der Waals surface area contributed by atoms with E-state index in [2.05, 4.69) is 0 Å². The number of hydrogen-bond acceptors (Lipinski definition) is 4. The summed E-state index contributed by atoms with van der Waals surface area (Å²) in [6.07, 6.45) is 0.908. The van der Waals surface area contributed by atoms with Crippen LogP contribution >= 0.6 is 0 Å². The van der Waals surface area contributed by atoms with Crippen molar-refractivity contribution in [3.63, 3.8) is 0 Å². The Morgan fingerprint density at radius 1 is 1.35 bits per heavy atom. The van der Waals surface area contributed by atoms with Gasteiger partial charge in [-0.1, -0.05) is 30.3 Å². The zero-order valence-electron chi connectivity index (χ0n) is 9.43. The first-order chi connectivity index (χ1) is 8.25. The highest BCUT2D eigenvalue weighted by molar-refractivity contribution is 5.80. The van der Waals surface area contributed by atoms with Crippen molar-refractivity contribution in [3.8, 4) is 0 Å². The van der Waals surface area contributed by atoms with Crippen molar-refractivity contribution in [1.29, 1.82) is 0 Å². The molecule has 0 amide bonds. The van der Waals surface area contributed by atoms with Gasteiger partial charge in [-0.2, -0.15) is 0 Å². The maximum absolute atomic E-state index is 11.6. The zero-order valence-corrected chi connectivity index (χ0v) is 9.43. The molecule has 4 nitrogen and oxygen atoms in total. The number of carbonyl (C=O) groups excluding carboxylic acids is 2. The molecule has 0 aromatic heterocycles. The third-order valence-electron chi connectivity index (χ3n) is 2.61. The fourth-order valence-electron chi connectivity index (χ4n) is 1.70. The summed E-state index contributed by atoms with van der Waals surface area (Å²) in [4.78, 5) is 22.6. The van der Waals surface area contributed by atoms with Crippen LogP contribution < -0.4 is 0 Å². The second-order valence-electron chi connectivity index (χ2n) is 3.96. The molecule has 90 valence electrons. The molecule has 1 aliphatic rings. The first-order valence-corrected chi connectivity index (χ1v) is 5.66. The highest BCUT2D eigenvalue weighted by Crippen LogP contribution is 2.15. The van der Waals surface area contributed by atoms with Gasteiger partial charge in [-0.3, -0.25) is 4.79 Å². The van der Waals surface area contributed by atoms with Crippen molar-refractivity contribution in [2.24, 2.45) is 0 Å². The van der Waals surface area contributed by atoms with Crippen LogP contribution in [0, 0.1) is 0 Å². The summed E-state index contributed by atoms with van der Waals surface area (Å²) < 4.78 is 10.0. The number of cyclic esters (lactones) is 1. The van der Waals surface area contributed by atoms with Crippen LogP contribution in [-0.2, 0) is 25.7 Å². The first-order valence-electron chi connectivity index (χ1n) is 5.66. The molecule has 0 radical (unpaired) electrons. The van der Waals surface area contributed by atoms with Crippen molar-refractivity contribution in [1.82, 2.24) is 0 Å². The van der Waals surface area contributed by atoms with Gasteiger partial charge >= 0.3 is 11.9 Å². The Hall–Kier alpha value is -1.84. The van der Waals surface area contributed by atoms with Crippen LogP contribution in [0.25, 0.3) is 0 Å². The third-order valence-corrected chi connectivity index (χ3v) is 2.61. The monoisotopic (exact) mass is 234 g/mol. The molecule has 1 saturated heterocycles. The van der Waals surface area contributed by atoms with Gasteiger partial charge in [0.25, 0.3) is 0 Å².